The van der Waals surface area contributed by atoms with Crippen LogP contribution in [0.3, 0.4) is 0 Å². The van der Waals surface area contributed by atoms with Gasteiger partial charge in [0.25, 0.3) is 0 Å². The molecule has 0 radical (unpaired) electrons. The zero-order valence-corrected chi connectivity index (χ0v) is 10.6. The van der Waals surface area contributed by atoms with E-state index in [0.717, 1.165) is 25.2 Å². The summed E-state index contributed by atoms with van der Waals surface area (Å²) < 4.78 is 0. The van der Waals surface area contributed by atoms with E-state index in [1.807, 2.05) is 12.1 Å². The first-order valence-electron chi connectivity index (χ1n) is 5.82. The Labute approximate surface area is 107 Å². The molecule has 1 fully saturated rings. The van der Waals surface area contributed by atoms with E-state index in [1.165, 1.54) is 0 Å². The predicted molar refractivity (Wildman–Crippen MR) is 70.1 cm³/mol. The van der Waals surface area contributed by atoms with Crippen molar-refractivity contribution in [3.63, 3.8) is 0 Å². The van der Waals surface area contributed by atoms with E-state index in [0.29, 0.717) is 16.5 Å². The quantitative estimate of drug-likeness (QED) is 0.876. The molecule has 2 unspecified atom stereocenters. The van der Waals surface area contributed by atoms with Crippen molar-refractivity contribution in [1.82, 2.24) is 0 Å². The minimum atomic E-state index is 0.230. The topological polar surface area (TPSA) is 53.0 Å². The second kappa shape index (κ2) is 4.95. The first-order valence-corrected chi connectivity index (χ1v) is 6.20. The molecule has 1 aromatic carbocycles. The van der Waals surface area contributed by atoms with Crippen LogP contribution in [0, 0.1) is 17.2 Å². The molecule has 2 atom stereocenters. The van der Waals surface area contributed by atoms with Gasteiger partial charge in [0, 0.05) is 24.8 Å². The number of hydrogen-bond donors (Lipinski definition) is 1. The van der Waals surface area contributed by atoms with E-state index in [2.05, 4.69) is 17.9 Å². The van der Waals surface area contributed by atoms with Gasteiger partial charge in [0.05, 0.1) is 10.6 Å². The fraction of sp³-hybridized carbons (Fsp3) is 0.462. The van der Waals surface area contributed by atoms with Gasteiger partial charge in [0.2, 0.25) is 0 Å². The van der Waals surface area contributed by atoms with E-state index in [4.69, 9.17) is 22.6 Å². The summed E-state index contributed by atoms with van der Waals surface area (Å²) in [6.07, 6.45) is 1.12. The van der Waals surface area contributed by atoms with Gasteiger partial charge in [0.1, 0.15) is 6.07 Å². The van der Waals surface area contributed by atoms with Crippen LogP contribution in [-0.2, 0) is 0 Å². The minimum Gasteiger partial charge on any atom is -0.371 e. The van der Waals surface area contributed by atoms with Crippen molar-refractivity contribution in [1.29, 1.82) is 5.26 Å². The number of halogens is 1. The van der Waals surface area contributed by atoms with Crippen molar-refractivity contribution in [2.75, 3.05) is 18.0 Å². The van der Waals surface area contributed by atoms with Crippen molar-refractivity contribution < 1.29 is 0 Å². The van der Waals surface area contributed by atoms with Crippen LogP contribution in [0.4, 0.5) is 5.69 Å². The number of benzene rings is 1. The lowest BCUT2D eigenvalue weighted by Crippen LogP contribution is -2.29. The molecule has 3 nitrogen and oxygen atoms in total. The summed E-state index contributed by atoms with van der Waals surface area (Å²) in [7, 11) is 0. The Morgan fingerprint density at radius 1 is 1.59 bits per heavy atom. The molecule has 1 aliphatic rings. The van der Waals surface area contributed by atoms with Crippen LogP contribution in [0.5, 0.6) is 0 Å². The summed E-state index contributed by atoms with van der Waals surface area (Å²) in [5.41, 5.74) is 7.52. The number of anilines is 1. The van der Waals surface area contributed by atoms with Crippen molar-refractivity contribution in [2.45, 2.75) is 19.4 Å². The average Bonchev–Trinajstić information content (AvgIpc) is 2.78. The number of nitrogens with two attached hydrogens (primary N) is 1. The molecular formula is C13H16ClN3. The molecule has 0 aliphatic carbocycles. The van der Waals surface area contributed by atoms with Crippen molar-refractivity contribution in [3.05, 3.63) is 28.8 Å². The van der Waals surface area contributed by atoms with Crippen LogP contribution in [-0.4, -0.2) is 19.1 Å². The van der Waals surface area contributed by atoms with Crippen LogP contribution >= 0.6 is 11.6 Å². The van der Waals surface area contributed by atoms with Crippen molar-refractivity contribution in [3.8, 4) is 6.07 Å². The second-order valence-electron chi connectivity index (χ2n) is 4.63. The Kier molecular flexibility index (Phi) is 3.56. The Hall–Kier alpha value is -1.24. The first-order chi connectivity index (χ1) is 8.11. The summed E-state index contributed by atoms with van der Waals surface area (Å²) in [4.78, 5) is 2.28. The lowest BCUT2D eigenvalue weighted by atomic mass is 10.0. The minimum absolute atomic E-state index is 0.230. The molecule has 17 heavy (non-hydrogen) atoms. The highest BCUT2D eigenvalue weighted by Gasteiger charge is 2.25. The van der Waals surface area contributed by atoms with Gasteiger partial charge in [-0.25, -0.2) is 0 Å². The molecule has 2 N–H and O–H groups in total. The van der Waals surface area contributed by atoms with Gasteiger partial charge in [0.15, 0.2) is 0 Å². The van der Waals surface area contributed by atoms with E-state index < -0.39 is 0 Å². The third kappa shape index (κ3) is 2.54. The lowest BCUT2D eigenvalue weighted by Gasteiger charge is -2.20. The van der Waals surface area contributed by atoms with Gasteiger partial charge in [-0.1, -0.05) is 11.6 Å². The van der Waals surface area contributed by atoms with E-state index >= 15 is 0 Å². The number of rotatable bonds is 2. The number of nitrogens with zero attached hydrogens (tertiary/aromatic N) is 2. The summed E-state index contributed by atoms with van der Waals surface area (Å²) in [6.45, 7) is 4.04. The molecule has 0 amide bonds. The smallest absolute Gasteiger partial charge is 0.101 e. The normalized spacial score (nSPS) is 21.3. The Morgan fingerprint density at radius 3 is 2.88 bits per heavy atom. The van der Waals surface area contributed by atoms with Crippen LogP contribution in [0.25, 0.3) is 0 Å². The van der Waals surface area contributed by atoms with E-state index in [1.54, 1.807) is 6.07 Å². The molecule has 0 aromatic heterocycles. The summed E-state index contributed by atoms with van der Waals surface area (Å²) >= 11 is 6.03. The van der Waals surface area contributed by atoms with Crippen molar-refractivity contribution in [2.24, 2.45) is 11.7 Å². The van der Waals surface area contributed by atoms with E-state index in [9.17, 15) is 0 Å². The number of hydrogen-bond acceptors (Lipinski definition) is 3. The van der Waals surface area contributed by atoms with Crippen molar-refractivity contribution >= 4 is 17.3 Å². The summed E-state index contributed by atoms with van der Waals surface area (Å²) in [5.74, 6) is 0.546. The molecule has 1 aliphatic heterocycles. The molecule has 1 saturated heterocycles. The largest absolute Gasteiger partial charge is 0.371 e. The fourth-order valence-electron chi connectivity index (χ4n) is 2.24. The Bertz CT molecular complexity index is 450. The van der Waals surface area contributed by atoms with Crippen LogP contribution in [0.15, 0.2) is 18.2 Å². The van der Waals surface area contributed by atoms with E-state index in [-0.39, 0.29) is 6.04 Å². The molecule has 1 aromatic rings. The third-order valence-corrected chi connectivity index (χ3v) is 3.72. The highest BCUT2D eigenvalue weighted by atomic mass is 35.5. The molecule has 0 bridgehead atoms. The Morgan fingerprint density at radius 2 is 2.35 bits per heavy atom. The third-order valence-electron chi connectivity index (χ3n) is 3.41. The average molecular weight is 250 g/mol. The Balaban J connectivity index is 2.15. The predicted octanol–water partition coefficient (Wildman–Crippen LogP) is 2.39. The van der Waals surface area contributed by atoms with Gasteiger partial charge in [-0.15, -0.1) is 0 Å². The maximum atomic E-state index is 8.82. The first kappa shape index (κ1) is 12.2. The summed E-state index contributed by atoms with van der Waals surface area (Å²) in [6, 6.07) is 7.89. The molecular weight excluding hydrogens is 234 g/mol. The maximum absolute atomic E-state index is 8.82. The van der Waals surface area contributed by atoms with Gasteiger partial charge in [-0.2, -0.15) is 5.26 Å². The second-order valence-corrected chi connectivity index (χ2v) is 5.04. The molecule has 1 heterocycles. The van der Waals surface area contributed by atoms with Gasteiger partial charge < -0.3 is 10.6 Å². The molecule has 90 valence electrons. The highest BCUT2D eigenvalue weighted by molar-refractivity contribution is 6.32. The maximum Gasteiger partial charge on any atom is 0.101 e. The van der Waals surface area contributed by atoms with Gasteiger partial charge >= 0.3 is 0 Å². The SMILES string of the molecule is CC(N)C1CCN(c2ccc(C#N)c(Cl)c2)C1. The lowest BCUT2D eigenvalue weighted by molar-refractivity contribution is 0.488. The summed E-state index contributed by atoms with van der Waals surface area (Å²) in [5, 5.41) is 9.35. The molecule has 0 saturated carbocycles. The highest BCUT2D eigenvalue weighted by Crippen LogP contribution is 2.28. The van der Waals surface area contributed by atoms with Gasteiger partial charge in [-0.3, -0.25) is 0 Å². The van der Waals surface area contributed by atoms with Crippen LogP contribution in [0.2, 0.25) is 5.02 Å². The van der Waals surface area contributed by atoms with Crippen LogP contribution < -0.4 is 10.6 Å². The number of nitriles is 1. The zero-order chi connectivity index (χ0) is 12.4. The van der Waals surface area contributed by atoms with Gasteiger partial charge in [-0.05, 0) is 37.5 Å². The monoisotopic (exact) mass is 249 g/mol. The molecule has 2 rings (SSSR count). The molecule has 0 spiro atoms. The fourth-order valence-corrected chi connectivity index (χ4v) is 2.46. The molecule has 4 heteroatoms. The zero-order valence-electron chi connectivity index (χ0n) is 9.86. The standard InChI is InChI=1S/C13H16ClN3/c1-9(16)11-4-5-17(8-11)12-3-2-10(7-15)13(14)6-12/h2-3,6,9,11H,4-5,8,16H2,1H3. The van der Waals surface area contributed by atoms with Crippen LogP contribution in [0.1, 0.15) is 18.9 Å².